The van der Waals surface area contributed by atoms with Crippen LogP contribution in [0.2, 0.25) is 0 Å². The number of fused-ring (bicyclic) bond motifs is 1. The third-order valence-corrected chi connectivity index (χ3v) is 3.15. The van der Waals surface area contributed by atoms with Crippen molar-refractivity contribution >= 4 is 10.9 Å². The molecule has 18 heavy (non-hydrogen) atoms. The third-order valence-electron chi connectivity index (χ3n) is 3.15. The minimum Gasteiger partial charge on any atom is -0.618 e. The molecule has 0 aliphatic rings. The maximum absolute atomic E-state index is 12.0. The summed E-state index contributed by atoms with van der Waals surface area (Å²) >= 11 is 0. The fourth-order valence-electron chi connectivity index (χ4n) is 2.21. The molecule has 0 bridgehead atoms. The van der Waals surface area contributed by atoms with Gasteiger partial charge in [0.25, 0.3) is 0 Å². The molecule has 0 N–H and O–H groups in total. The van der Waals surface area contributed by atoms with Crippen LogP contribution in [0.15, 0.2) is 60.8 Å². The number of pyridine rings is 1. The topological polar surface area (TPSA) is 26.9 Å². The monoisotopic (exact) mass is 235 g/mol. The minimum atomic E-state index is 0.726. The summed E-state index contributed by atoms with van der Waals surface area (Å²) < 4.78 is 0.935. The van der Waals surface area contributed by atoms with Crippen molar-refractivity contribution in [3.63, 3.8) is 0 Å². The number of benzene rings is 2. The molecule has 0 fully saturated rings. The quantitative estimate of drug-likeness (QED) is 0.469. The molecule has 88 valence electrons. The van der Waals surface area contributed by atoms with E-state index < -0.39 is 0 Å². The maximum atomic E-state index is 12.0. The first-order chi connectivity index (χ1) is 8.75. The van der Waals surface area contributed by atoms with Crippen LogP contribution >= 0.6 is 0 Å². The molecular formula is C16H13NO. The Kier molecular flexibility index (Phi) is 2.49. The van der Waals surface area contributed by atoms with Gasteiger partial charge in [-0.25, -0.2) is 0 Å². The van der Waals surface area contributed by atoms with E-state index in [1.165, 1.54) is 5.56 Å². The zero-order valence-corrected chi connectivity index (χ0v) is 10.1. The summed E-state index contributed by atoms with van der Waals surface area (Å²) in [7, 11) is 0. The van der Waals surface area contributed by atoms with Gasteiger partial charge < -0.3 is 5.21 Å². The van der Waals surface area contributed by atoms with Gasteiger partial charge in [-0.1, -0.05) is 35.9 Å². The first-order valence-corrected chi connectivity index (χ1v) is 5.94. The van der Waals surface area contributed by atoms with Crippen LogP contribution < -0.4 is 4.73 Å². The molecule has 2 heteroatoms. The largest absolute Gasteiger partial charge is 0.618 e. The van der Waals surface area contributed by atoms with Crippen molar-refractivity contribution in [1.82, 2.24) is 0 Å². The summed E-state index contributed by atoms with van der Waals surface area (Å²) in [5.41, 5.74) is 3.99. The highest BCUT2D eigenvalue weighted by Gasteiger charge is 2.10. The normalized spacial score (nSPS) is 10.7. The second kappa shape index (κ2) is 4.15. The lowest BCUT2D eigenvalue weighted by Gasteiger charge is -2.07. The molecule has 3 rings (SSSR count). The van der Waals surface area contributed by atoms with E-state index in [9.17, 15) is 5.21 Å². The molecule has 3 aromatic rings. The summed E-state index contributed by atoms with van der Waals surface area (Å²) in [6, 6.07) is 17.9. The second-order valence-corrected chi connectivity index (χ2v) is 4.44. The Bertz CT molecular complexity index is 697. The molecule has 0 saturated heterocycles. The van der Waals surface area contributed by atoms with Gasteiger partial charge in [-0.05, 0) is 30.7 Å². The number of para-hydroxylation sites is 1. The highest BCUT2D eigenvalue weighted by atomic mass is 16.5. The summed E-state index contributed by atoms with van der Waals surface area (Å²) in [4.78, 5) is 0. The van der Waals surface area contributed by atoms with Gasteiger partial charge >= 0.3 is 0 Å². The second-order valence-electron chi connectivity index (χ2n) is 4.44. The van der Waals surface area contributed by atoms with Gasteiger partial charge in [0, 0.05) is 11.5 Å². The fourth-order valence-corrected chi connectivity index (χ4v) is 2.21. The number of rotatable bonds is 1. The van der Waals surface area contributed by atoms with Crippen LogP contribution in [0.25, 0.3) is 22.0 Å². The molecule has 0 unspecified atom stereocenters. The number of nitrogens with zero attached hydrogens (tertiary/aromatic N) is 1. The predicted molar refractivity (Wildman–Crippen MR) is 73.1 cm³/mol. The van der Waals surface area contributed by atoms with Gasteiger partial charge in [0.2, 0.25) is 5.52 Å². The van der Waals surface area contributed by atoms with Crippen molar-refractivity contribution < 1.29 is 4.73 Å². The van der Waals surface area contributed by atoms with Crippen LogP contribution in [0, 0.1) is 12.1 Å². The first kappa shape index (κ1) is 10.8. The Hall–Kier alpha value is -2.35. The molecule has 0 atom stereocenters. The molecule has 2 aromatic carbocycles. The number of hydrogen-bond donors (Lipinski definition) is 0. The average Bonchev–Trinajstić information content (AvgIpc) is 2.39. The highest BCUT2D eigenvalue weighted by Crippen LogP contribution is 2.26. The van der Waals surface area contributed by atoms with Gasteiger partial charge in [0.05, 0.1) is 5.56 Å². The van der Waals surface area contributed by atoms with Crippen LogP contribution in [-0.2, 0) is 0 Å². The molecule has 0 aliphatic heterocycles. The van der Waals surface area contributed by atoms with Crippen molar-refractivity contribution in [3.05, 3.63) is 71.6 Å². The number of aryl methyl sites for hydroxylation is 1. The van der Waals surface area contributed by atoms with Crippen molar-refractivity contribution in [2.24, 2.45) is 0 Å². The van der Waals surface area contributed by atoms with E-state index in [0.29, 0.717) is 0 Å². The van der Waals surface area contributed by atoms with Crippen molar-refractivity contribution in [1.29, 1.82) is 0 Å². The predicted octanol–water partition coefficient (Wildman–Crippen LogP) is 3.45. The summed E-state index contributed by atoms with van der Waals surface area (Å²) in [6.07, 6.45) is 1.54. The molecular weight excluding hydrogens is 222 g/mol. The molecule has 1 heterocycles. The van der Waals surface area contributed by atoms with E-state index >= 15 is 0 Å². The van der Waals surface area contributed by atoms with Crippen LogP contribution in [0.3, 0.4) is 0 Å². The van der Waals surface area contributed by atoms with Gasteiger partial charge in [-0.3, -0.25) is 0 Å². The molecule has 0 spiro atoms. The molecule has 0 aliphatic carbocycles. The Morgan fingerprint density at radius 1 is 0.889 bits per heavy atom. The van der Waals surface area contributed by atoms with Crippen molar-refractivity contribution in [2.45, 2.75) is 6.92 Å². The van der Waals surface area contributed by atoms with Crippen LogP contribution in [-0.4, -0.2) is 0 Å². The van der Waals surface area contributed by atoms with Gasteiger partial charge in [0.1, 0.15) is 0 Å². The van der Waals surface area contributed by atoms with Crippen LogP contribution in [0.1, 0.15) is 5.56 Å². The lowest BCUT2D eigenvalue weighted by atomic mass is 10.0. The standard InChI is InChI=1S/C16H13NO/c1-12-7-9-13(10-8-12)15-6-2-4-14-5-3-11-17(18)16(14)15/h2-11H,1H3. The van der Waals surface area contributed by atoms with Gasteiger partial charge in [-0.15, -0.1) is 0 Å². The van der Waals surface area contributed by atoms with E-state index in [2.05, 4.69) is 31.2 Å². The van der Waals surface area contributed by atoms with E-state index in [0.717, 1.165) is 26.8 Å². The van der Waals surface area contributed by atoms with Crippen LogP contribution in [0.5, 0.6) is 0 Å². The van der Waals surface area contributed by atoms with E-state index in [1.807, 2.05) is 24.3 Å². The van der Waals surface area contributed by atoms with Crippen molar-refractivity contribution in [2.75, 3.05) is 0 Å². The maximum Gasteiger partial charge on any atom is 0.231 e. The number of aromatic nitrogens is 1. The Morgan fingerprint density at radius 3 is 2.39 bits per heavy atom. The third kappa shape index (κ3) is 1.72. The lowest BCUT2D eigenvalue weighted by Crippen LogP contribution is -2.26. The zero-order chi connectivity index (χ0) is 12.5. The van der Waals surface area contributed by atoms with Gasteiger partial charge in [0.15, 0.2) is 6.20 Å². The van der Waals surface area contributed by atoms with E-state index in [-0.39, 0.29) is 0 Å². The molecule has 0 radical (unpaired) electrons. The molecule has 0 saturated carbocycles. The van der Waals surface area contributed by atoms with Crippen LogP contribution in [0.4, 0.5) is 0 Å². The number of hydrogen-bond acceptors (Lipinski definition) is 1. The first-order valence-electron chi connectivity index (χ1n) is 5.94. The Labute approximate surface area is 106 Å². The smallest absolute Gasteiger partial charge is 0.231 e. The van der Waals surface area contributed by atoms with E-state index in [4.69, 9.17) is 0 Å². The fraction of sp³-hybridized carbons (Fsp3) is 0.0625. The SMILES string of the molecule is Cc1ccc(-c2cccc3ccc[n+]([O-])c23)cc1. The summed E-state index contributed by atoms with van der Waals surface area (Å²) in [6.45, 7) is 2.06. The zero-order valence-electron chi connectivity index (χ0n) is 10.1. The average molecular weight is 235 g/mol. The Balaban J connectivity index is 2.32. The Morgan fingerprint density at radius 2 is 1.61 bits per heavy atom. The summed E-state index contributed by atoms with van der Waals surface area (Å²) in [5, 5.41) is 12.9. The highest BCUT2D eigenvalue weighted by molar-refractivity contribution is 5.91. The van der Waals surface area contributed by atoms with E-state index in [1.54, 1.807) is 12.3 Å². The lowest BCUT2D eigenvalue weighted by molar-refractivity contribution is -0.576. The molecule has 0 amide bonds. The van der Waals surface area contributed by atoms with Gasteiger partial charge in [-0.2, -0.15) is 4.73 Å². The minimum absolute atomic E-state index is 0.726. The molecule has 1 aromatic heterocycles. The molecule has 2 nitrogen and oxygen atoms in total. The van der Waals surface area contributed by atoms with Crippen molar-refractivity contribution in [3.8, 4) is 11.1 Å². The summed E-state index contributed by atoms with van der Waals surface area (Å²) in [5.74, 6) is 0.